The smallest absolute Gasteiger partial charge is 0.305 e. The van der Waals surface area contributed by atoms with E-state index in [0.29, 0.717) is 19.4 Å². The molecule has 1 rings (SSSR count). The Bertz CT molecular complexity index is 185. The van der Waals surface area contributed by atoms with Gasteiger partial charge in [-0.15, -0.1) is 0 Å². The van der Waals surface area contributed by atoms with Crippen LogP contribution >= 0.6 is 0 Å². The van der Waals surface area contributed by atoms with Crippen LogP contribution in [0.4, 0.5) is 0 Å². The third kappa shape index (κ3) is 5.14. The molecule has 0 radical (unpaired) electrons. The fraction of sp³-hybridized carbons (Fsp3) is 0.909. The molecule has 1 N–H and O–H groups in total. The largest absolute Gasteiger partial charge is 0.469 e. The van der Waals surface area contributed by atoms with E-state index >= 15 is 0 Å². The SMILES string of the molecule is COC(=O)CCCOC1CCC(O)CC1. The number of carbonyl (C=O) groups is 1. The number of methoxy groups -OCH3 is 1. The third-order valence-corrected chi connectivity index (χ3v) is 2.75. The van der Waals surface area contributed by atoms with Crippen LogP contribution in [0.5, 0.6) is 0 Å². The summed E-state index contributed by atoms with van der Waals surface area (Å²) in [5.41, 5.74) is 0. The van der Waals surface area contributed by atoms with Crippen LogP contribution in [0, 0.1) is 0 Å². The molecule has 0 heterocycles. The van der Waals surface area contributed by atoms with Gasteiger partial charge in [0.1, 0.15) is 0 Å². The van der Waals surface area contributed by atoms with Crippen molar-refractivity contribution in [1.82, 2.24) is 0 Å². The summed E-state index contributed by atoms with van der Waals surface area (Å²) in [4.78, 5) is 10.8. The average molecular weight is 216 g/mol. The van der Waals surface area contributed by atoms with Gasteiger partial charge in [-0.05, 0) is 32.1 Å². The van der Waals surface area contributed by atoms with E-state index in [-0.39, 0.29) is 18.2 Å². The molecular weight excluding hydrogens is 196 g/mol. The lowest BCUT2D eigenvalue weighted by molar-refractivity contribution is -0.141. The second-order valence-electron chi connectivity index (χ2n) is 3.98. The predicted octanol–water partition coefficient (Wildman–Crippen LogP) is 1.26. The first-order chi connectivity index (χ1) is 7.22. The molecule has 0 aromatic carbocycles. The monoisotopic (exact) mass is 216 g/mol. The first kappa shape index (κ1) is 12.5. The fourth-order valence-corrected chi connectivity index (χ4v) is 1.78. The fourth-order valence-electron chi connectivity index (χ4n) is 1.78. The zero-order chi connectivity index (χ0) is 11.1. The van der Waals surface area contributed by atoms with Crippen LogP contribution in [0.3, 0.4) is 0 Å². The lowest BCUT2D eigenvalue weighted by Crippen LogP contribution is -2.24. The van der Waals surface area contributed by atoms with Crippen molar-refractivity contribution in [3.63, 3.8) is 0 Å². The quantitative estimate of drug-likeness (QED) is 0.555. The molecule has 0 spiro atoms. The number of esters is 1. The summed E-state index contributed by atoms with van der Waals surface area (Å²) in [5, 5.41) is 9.29. The van der Waals surface area contributed by atoms with Gasteiger partial charge < -0.3 is 14.6 Å². The highest BCUT2D eigenvalue weighted by Crippen LogP contribution is 2.21. The van der Waals surface area contributed by atoms with Crippen molar-refractivity contribution >= 4 is 5.97 Å². The van der Waals surface area contributed by atoms with E-state index in [2.05, 4.69) is 4.74 Å². The number of ether oxygens (including phenoxy) is 2. The van der Waals surface area contributed by atoms with E-state index in [1.54, 1.807) is 0 Å². The highest BCUT2D eigenvalue weighted by Gasteiger charge is 2.19. The van der Waals surface area contributed by atoms with Crippen molar-refractivity contribution in [2.45, 2.75) is 50.7 Å². The Labute approximate surface area is 90.6 Å². The van der Waals surface area contributed by atoms with Gasteiger partial charge in [0.05, 0.1) is 19.3 Å². The molecule has 0 aromatic rings. The molecular formula is C11H20O4. The van der Waals surface area contributed by atoms with E-state index in [1.807, 2.05) is 0 Å². The second kappa shape index (κ2) is 6.80. The zero-order valence-electron chi connectivity index (χ0n) is 9.28. The topological polar surface area (TPSA) is 55.8 Å². The Morgan fingerprint density at radius 2 is 2.00 bits per heavy atom. The molecule has 4 heteroatoms. The summed E-state index contributed by atoms with van der Waals surface area (Å²) >= 11 is 0. The lowest BCUT2D eigenvalue weighted by atomic mass is 9.95. The first-order valence-electron chi connectivity index (χ1n) is 5.59. The molecule has 0 aromatic heterocycles. The number of aliphatic hydroxyl groups is 1. The third-order valence-electron chi connectivity index (χ3n) is 2.75. The van der Waals surface area contributed by atoms with Gasteiger partial charge in [0.2, 0.25) is 0 Å². The van der Waals surface area contributed by atoms with Crippen molar-refractivity contribution in [2.24, 2.45) is 0 Å². The van der Waals surface area contributed by atoms with Gasteiger partial charge in [-0.2, -0.15) is 0 Å². The summed E-state index contributed by atoms with van der Waals surface area (Å²) in [6.45, 7) is 0.607. The minimum absolute atomic E-state index is 0.139. The molecule has 88 valence electrons. The minimum Gasteiger partial charge on any atom is -0.469 e. The van der Waals surface area contributed by atoms with Crippen molar-refractivity contribution in [1.29, 1.82) is 0 Å². The number of hydrogen-bond acceptors (Lipinski definition) is 4. The Kier molecular flexibility index (Phi) is 5.65. The number of aliphatic hydroxyl groups excluding tert-OH is 1. The predicted molar refractivity (Wildman–Crippen MR) is 55.5 cm³/mol. The molecule has 0 bridgehead atoms. The van der Waals surface area contributed by atoms with E-state index < -0.39 is 0 Å². The Hall–Kier alpha value is -0.610. The minimum atomic E-state index is -0.183. The highest BCUT2D eigenvalue weighted by molar-refractivity contribution is 5.68. The van der Waals surface area contributed by atoms with Gasteiger partial charge in [-0.25, -0.2) is 0 Å². The van der Waals surface area contributed by atoms with Gasteiger partial charge in [0.25, 0.3) is 0 Å². The summed E-state index contributed by atoms with van der Waals surface area (Å²) in [7, 11) is 1.39. The van der Waals surface area contributed by atoms with E-state index in [0.717, 1.165) is 25.7 Å². The number of rotatable bonds is 5. The summed E-state index contributed by atoms with van der Waals surface area (Å²) < 4.78 is 10.1. The first-order valence-corrected chi connectivity index (χ1v) is 5.59. The van der Waals surface area contributed by atoms with Gasteiger partial charge in [0, 0.05) is 13.0 Å². The standard InChI is InChI=1S/C11H20O4/c1-14-11(13)3-2-8-15-10-6-4-9(12)5-7-10/h9-10,12H,2-8H2,1H3. The zero-order valence-corrected chi connectivity index (χ0v) is 9.28. The van der Waals surface area contributed by atoms with Crippen LogP contribution in [0.2, 0.25) is 0 Å². The van der Waals surface area contributed by atoms with Crippen molar-refractivity contribution in [2.75, 3.05) is 13.7 Å². The van der Waals surface area contributed by atoms with Gasteiger partial charge in [-0.3, -0.25) is 4.79 Å². The van der Waals surface area contributed by atoms with Gasteiger partial charge >= 0.3 is 5.97 Å². The van der Waals surface area contributed by atoms with Crippen molar-refractivity contribution < 1.29 is 19.4 Å². The van der Waals surface area contributed by atoms with Gasteiger partial charge in [0.15, 0.2) is 0 Å². The van der Waals surface area contributed by atoms with Crippen LogP contribution in [-0.4, -0.2) is 37.0 Å². The molecule has 0 aliphatic heterocycles. The summed E-state index contributed by atoms with van der Waals surface area (Å²) in [5.74, 6) is -0.183. The molecule has 1 aliphatic carbocycles. The highest BCUT2D eigenvalue weighted by atomic mass is 16.5. The lowest BCUT2D eigenvalue weighted by Gasteiger charge is -2.25. The molecule has 0 unspecified atom stereocenters. The van der Waals surface area contributed by atoms with Crippen molar-refractivity contribution in [3.05, 3.63) is 0 Å². The van der Waals surface area contributed by atoms with Gasteiger partial charge in [-0.1, -0.05) is 0 Å². The summed E-state index contributed by atoms with van der Waals surface area (Å²) in [6, 6.07) is 0. The molecule has 1 aliphatic rings. The maximum atomic E-state index is 10.8. The average Bonchev–Trinajstić information content (AvgIpc) is 2.26. The molecule has 0 saturated heterocycles. The van der Waals surface area contributed by atoms with Crippen molar-refractivity contribution in [3.8, 4) is 0 Å². The summed E-state index contributed by atoms with van der Waals surface area (Å²) in [6.07, 6.45) is 4.80. The molecule has 0 atom stereocenters. The van der Waals surface area contributed by atoms with E-state index in [9.17, 15) is 9.90 Å². The maximum Gasteiger partial charge on any atom is 0.305 e. The molecule has 1 fully saturated rings. The number of hydrogen-bond donors (Lipinski definition) is 1. The number of carbonyl (C=O) groups excluding carboxylic acids is 1. The van der Waals surface area contributed by atoms with Crippen LogP contribution in [0.1, 0.15) is 38.5 Å². The molecule has 0 amide bonds. The van der Waals surface area contributed by atoms with Crippen LogP contribution in [0.15, 0.2) is 0 Å². The van der Waals surface area contributed by atoms with Crippen LogP contribution < -0.4 is 0 Å². The van der Waals surface area contributed by atoms with E-state index in [4.69, 9.17) is 4.74 Å². The Morgan fingerprint density at radius 1 is 1.33 bits per heavy atom. The molecule has 1 saturated carbocycles. The molecule has 15 heavy (non-hydrogen) atoms. The maximum absolute atomic E-state index is 10.8. The second-order valence-corrected chi connectivity index (χ2v) is 3.98. The Balaban J connectivity index is 1.98. The molecule has 4 nitrogen and oxygen atoms in total. The van der Waals surface area contributed by atoms with Crippen LogP contribution in [0.25, 0.3) is 0 Å². The van der Waals surface area contributed by atoms with Crippen LogP contribution in [-0.2, 0) is 14.3 Å². The normalized spacial score (nSPS) is 26.3. The Morgan fingerprint density at radius 3 is 2.60 bits per heavy atom. The van der Waals surface area contributed by atoms with E-state index in [1.165, 1.54) is 7.11 Å².